The molecule has 0 radical (unpaired) electrons. The lowest BCUT2D eigenvalue weighted by atomic mass is 10.1. The Labute approximate surface area is 165 Å². The molecule has 1 aromatic rings. The molecule has 4 nitrogen and oxygen atoms in total. The molecular formula is C23H34N4. The first-order chi connectivity index (χ1) is 13.0. The summed E-state index contributed by atoms with van der Waals surface area (Å²) in [5.41, 5.74) is 3.37. The quantitative estimate of drug-likeness (QED) is 0.621. The van der Waals surface area contributed by atoms with Gasteiger partial charge in [-0.2, -0.15) is 0 Å². The normalized spacial score (nSPS) is 15.7. The molecule has 1 fully saturated rings. The molecule has 146 valence electrons. The first kappa shape index (κ1) is 21.0. The third-order valence-corrected chi connectivity index (χ3v) is 4.89. The summed E-state index contributed by atoms with van der Waals surface area (Å²) in [6.45, 7) is 22.3. The lowest BCUT2D eigenvalue weighted by Crippen LogP contribution is -2.45. The van der Waals surface area contributed by atoms with Gasteiger partial charge in [0.1, 0.15) is 5.82 Å². The predicted molar refractivity (Wildman–Crippen MR) is 118 cm³/mol. The van der Waals surface area contributed by atoms with E-state index in [4.69, 9.17) is 0 Å². The lowest BCUT2D eigenvalue weighted by Gasteiger charge is -2.37. The number of rotatable bonds is 10. The van der Waals surface area contributed by atoms with Gasteiger partial charge < -0.3 is 10.2 Å². The zero-order valence-corrected chi connectivity index (χ0v) is 17.0. The molecule has 2 heterocycles. The number of hydrogen-bond donors (Lipinski definition) is 1. The summed E-state index contributed by atoms with van der Waals surface area (Å²) >= 11 is 0. The van der Waals surface area contributed by atoms with E-state index in [1.165, 1.54) is 5.57 Å². The number of piperazine rings is 1. The van der Waals surface area contributed by atoms with Gasteiger partial charge in [0.15, 0.2) is 0 Å². The van der Waals surface area contributed by atoms with E-state index in [9.17, 15) is 0 Å². The van der Waals surface area contributed by atoms with Crippen LogP contribution in [-0.4, -0.2) is 54.1 Å². The predicted octanol–water partition coefficient (Wildman–Crippen LogP) is 4.43. The SMILES string of the molecule is C=C/C=C(\C=C)CN1CCN(C(=C)c2cccnc2NCCC(C)C)CC1. The monoisotopic (exact) mass is 366 g/mol. The van der Waals surface area contributed by atoms with Crippen LogP contribution in [0.2, 0.25) is 0 Å². The second-order valence-electron chi connectivity index (χ2n) is 7.40. The fraction of sp³-hybridized carbons (Fsp3) is 0.435. The van der Waals surface area contributed by atoms with E-state index in [1.807, 2.05) is 30.5 Å². The number of pyridine rings is 1. The number of aromatic nitrogens is 1. The van der Waals surface area contributed by atoms with Gasteiger partial charge in [0, 0.05) is 56.7 Å². The van der Waals surface area contributed by atoms with E-state index in [0.717, 1.165) is 62.8 Å². The van der Waals surface area contributed by atoms with Gasteiger partial charge in [0.05, 0.1) is 0 Å². The Balaban J connectivity index is 1.95. The molecule has 0 aromatic carbocycles. The fourth-order valence-electron chi connectivity index (χ4n) is 3.20. The van der Waals surface area contributed by atoms with Crippen molar-refractivity contribution < 1.29 is 0 Å². The van der Waals surface area contributed by atoms with Crippen LogP contribution in [0.4, 0.5) is 5.82 Å². The minimum Gasteiger partial charge on any atom is -0.370 e. The largest absolute Gasteiger partial charge is 0.370 e. The first-order valence-corrected chi connectivity index (χ1v) is 9.84. The van der Waals surface area contributed by atoms with Crippen LogP contribution in [0.1, 0.15) is 25.8 Å². The molecule has 0 unspecified atom stereocenters. The Morgan fingerprint density at radius 2 is 2.00 bits per heavy atom. The third kappa shape index (κ3) is 6.40. The van der Waals surface area contributed by atoms with Crippen molar-refractivity contribution in [2.45, 2.75) is 20.3 Å². The summed E-state index contributed by atoms with van der Waals surface area (Å²) in [7, 11) is 0. The van der Waals surface area contributed by atoms with Crippen molar-refractivity contribution >= 4 is 11.5 Å². The van der Waals surface area contributed by atoms with Crippen molar-refractivity contribution in [1.82, 2.24) is 14.8 Å². The number of nitrogens with one attached hydrogen (secondary N) is 1. The number of hydrogen-bond acceptors (Lipinski definition) is 4. The highest BCUT2D eigenvalue weighted by atomic mass is 15.3. The van der Waals surface area contributed by atoms with Gasteiger partial charge in [0.2, 0.25) is 0 Å². The summed E-state index contributed by atoms with van der Waals surface area (Å²) in [6, 6.07) is 4.10. The highest BCUT2D eigenvalue weighted by molar-refractivity contribution is 5.71. The Kier molecular flexibility index (Phi) is 8.34. The highest BCUT2D eigenvalue weighted by Crippen LogP contribution is 2.25. The summed E-state index contributed by atoms with van der Waals surface area (Å²) in [5, 5.41) is 3.48. The summed E-state index contributed by atoms with van der Waals surface area (Å²) in [4.78, 5) is 9.36. The summed E-state index contributed by atoms with van der Waals surface area (Å²) in [5.74, 6) is 1.62. The van der Waals surface area contributed by atoms with Crippen molar-refractivity contribution in [2.75, 3.05) is 44.6 Å². The van der Waals surface area contributed by atoms with Crippen LogP contribution in [0, 0.1) is 5.92 Å². The average Bonchev–Trinajstić information content (AvgIpc) is 2.68. The Morgan fingerprint density at radius 3 is 2.63 bits per heavy atom. The Bertz CT molecular complexity index is 667. The number of anilines is 1. The van der Waals surface area contributed by atoms with Crippen molar-refractivity contribution in [3.8, 4) is 0 Å². The van der Waals surface area contributed by atoms with Crippen LogP contribution in [0.5, 0.6) is 0 Å². The molecule has 1 aliphatic heterocycles. The van der Waals surface area contributed by atoms with Crippen LogP contribution in [0.15, 0.2) is 61.9 Å². The number of nitrogens with zero attached hydrogens (tertiary/aromatic N) is 3. The molecule has 0 saturated carbocycles. The van der Waals surface area contributed by atoms with E-state index in [2.05, 4.69) is 59.8 Å². The third-order valence-electron chi connectivity index (χ3n) is 4.89. The minimum atomic E-state index is 0.677. The summed E-state index contributed by atoms with van der Waals surface area (Å²) in [6.07, 6.45) is 8.74. The van der Waals surface area contributed by atoms with Gasteiger partial charge in [-0.05, 0) is 30.0 Å². The van der Waals surface area contributed by atoms with E-state index in [-0.39, 0.29) is 0 Å². The van der Waals surface area contributed by atoms with Crippen LogP contribution in [0.3, 0.4) is 0 Å². The second-order valence-corrected chi connectivity index (χ2v) is 7.40. The molecule has 0 atom stereocenters. The molecular weight excluding hydrogens is 332 g/mol. The summed E-state index contributed by atoms with van der Waals surface area (Å²) < 4.78 is 0. The van der Waals surface area contributed by atoms with Crippen LogP contribution in [-0.2, 0) is 0 Å². The molecule has 1 aliphatic rings. The molecule has 1 N–H and O–H groups in total. The molecule has 2 rings (SSSR count). The van der Waals surface area contributed by atoms with E-state index in [0.29, 0.717) is 5.92 Å². The highest BCUT2D eigenvalue weighted by Gasteiger charge is 2.20. The van der Waals surface area contributed by atoms with Crippen LogP contribution in [0.25, 0.3) is 5.70 Å². The van der Waals surface area contributed by atoms with Gasteiger partial charge >= 0.3 is 0 Å². The zero-order valence-electron chi connectivity index (χ0n) is 17.0. The van der Waals surface area contributed by atoms with Crippen molar-refractivity contribution in [1.29, 1.82) is 0 Å². The molecule has 1 saturated heterocycles. The average molecular weight is 367 g/mol. The Hall–Kier alpha value is -2.33. The molecule has 0 aliphatic carbocycles. The van der Waals surface area contributed by atoms with Gasteiger partial charge in [-0.25, -0.2) is 4.98 Å². The topological polar surface area (TPSA) is 31.4 Å². The smallest absolute Gasteiger partial charge is 0.135 e. The molecule has 1 aromatic heterocycles. The first-order valence-electron chi connectivity index (χ1n) is 9.84. The van der Waals surface area contributed by atoms with E-state index in [1.54, 1.807) is 0 Å². The van der Waals surface area contributed by atoms with Crippen LogP contribution >= 0.6 is 0 Å². The minimum absolute atomic E-state index is 0.677. The molecule has 0 bridgehead atoms. The van der Waals surface area contributed by atoms with E-state index >= 15 is 0 Å². The maximum atomic E-state index is 4.54. The van der Waals surface area contributed by atoms with Crippen molar-refractivity contribution in [3.05, 3.63) is 67.4 Å². The fourth-order valence-corrected chi connectivity index (χ4v) is 3.20. The number of allylic oxidation sites excluding steroid dienone is 2. The standard InChI is InChI=1S/C23H34N4/c1-6-9-21(7-2)18-26-14-16-27(17-15-26)20(5)22-10-8-12-24-23(22)25-13-11-19(3)4/h6-10,12,19H,1-2,5,11,13-18H2,3-4H3,(H,24,25)/b21-9+. The van der Waals surface area contributed by atoms with Gasteiger partial charge in [0.25, 0.3) is 0 Å². The van der Waals surface area contributed by atoms with Gasteiger partial charge in [-0.3, -0.25) is 4.90 Å². The molecule has 4 heteroatoms. The van der Waals surface area contributed by atoms with Crippen LogP contribution < -0.4 is 5.32 Å². The Morgan fingerprint density at radius 1 is 1.26 bits per heavy atom. The molecule has 0 amide bonds. The lowest BCUT2D eigenvalue weighted by molar-refractivity contribution is 0.188. The van der Waals surface area contributed by atoms with E-state index < -0.39 is 0 Å². The maximum absolute atomic E-state index is 4.54. The van der Waals surface area contributed by atoms with Crippen molar-refractivity contribution in [3.63, 3.8) is 0 Å². The molecule has 0 spiro atoms. The van der Waals surface area contributed by atoms with Gasteiger partial charge in [-0.15, -0.1) is 0 Å². The zero-order chi connectivity index (χ0) is 19.6. The maximum Gasteiger partial charge on any atom is 0.135 e. The van der Waals surface area contributed by atoms with Crippen molar-refractivity contribution in [2.24, 2.45) is 5.92 Å². The molecule has 27 heavy (non-hydrogen) atoms. The second kappa shape index (κ2) is 10.7. The van der Waals surface area contributed by atoms with Gasteiger partial charge in [-0.1, -0.05) is 51.8 Å².